The van der Waals surface area contributed by atoms with E-state index in [2.05, 4.69) is 6.58 Å². The van der Waals surface area contributed by atoms with E-state index in [0.29, 0.717) is 6.42 Å². The third kappa shape index (κ3) is 3.34. The predicted octanol–water partition coefficient (Wildman–Crippen LogP) is 0.676. The molecule has 0 aliphatic heterocycles. The Balaban J connectivity index is 4.23. The summed E-state index contributed by atoms with van der Waals surface area (Å²) < 4.78 is 5.11. The second kappa shape index (κ2) is 4.60. The first-order valence-corrected chi connectivity index (χ1v) is 4.05. The van der Waals surface area contributed by atoms with Crippen molar-refractivity contribution in [1.82, 2.24) is 0 Å². The number of ether oxygens (including phenoxy) is 1. The highest BCUT2D eigenvalue weighted by Crippen LogP contribution is 2.16. The lowest BCUT2D eigenvalue weighted by Crippen LogP contribution is -2.49. The van der Waals surface area contributed by atoms with E-state index < -0.39 is 5.60 Å². The summed E-state index contributed by atoms with van der Waals surface area (Å²) in [5.74, 6) is 0. The molecule has 0 spiro atoms. The lowest BCUT2D eigenvalue weighted by Gasteiger charge is -2.32. The Labute approximate surface area is 74.2 Å². The number of aliphatic hydroxyl groups is 1. The van der Waals surface area contributed by atoms with Crippen LogP contribution in [0.2, 0.25) is 0 Å². The zero-order valence-corrected chi connectivity index (χ0v) is 8.08. The van der Waals surface area contributed by atoms with Crippen LogP contribution in [0.3, 0.4) is 0 Å². The summed E-state index contributed by atoms with van der Waals surface area (Å²) in [5, 5.41) is 9.64. The fraction of sp³-hybridized carbons (Fsp3) is 0.778. The van der Waals surface area contributed by atoms with Crippen LogP contribution in [0.4, 0.5) is 0 Å². The van der Waals surface area contributed by atoms with Gasteiger partial charge in [-0.1, -0.05) is 6.08 Å². The zero-order chi connectivity index (χ0) is 9.78. The van der Waals surface area contributed by atoms with Crippen molar-refractivity contribution in [3.05, 3.63) is 12.7 Å². The maximum Gasteiger partial charge on any atom is 0.101 e. The highest BCUT2D eigenvalue weighted by Gasteiger charge is 2.31. The smallest absolute Gasteiger partial charge is 0.101 e. The molecule has 12 heavy (non-hydrogen) atoms. The van der Waals surface area contributed by atoms with Crippen molar-refractivity contribution >= 4 is 0 Å². The van der Waals surface area contributed by atoms with Gasteiger partial charge < -0.3 is 15.6 Å². The van der Waals surface area contributed by atoms with Crippen molar-refractivity contribution in [2.75, 3.05) is 7.11 Å². The Hall–Kier alpha value is -0.380. The van der Waals surface area contributed by atoms with Gasteiger partial charge in [0, 0.05) is 13.2 Å². The molecule has 0 bridgehead atoms. The summed E-state index contributed by atoms with van der Waals surface area (Å²) in [6.45, 7) is 6.95. The van der Waals surface area contributed by atoms with Crippen molar-refractivity contribution < 1.29 is 9.84 Å². The summed E-state index contributed by atoms with van der Waals surface area (Å²) in [6.07, 6.45) is 2.01. The maximum absolute atomic E-state index is 9.64. The third-order valence-corrected chi connectivity index (χ3v) is 1.78. The number of methoxy groups -OCH3 is 1. The van der Waals surface area contributed by atoms with Gasteiger partial charge in [-0.25, -0.2) is 0 Å². The molecule has 3 heteroatoms. The van der Waals surface area contributed by atoms with Crippen molar-refractivity contribution in [2.45, 2.75) is 38.0 Å². The van der Waals surface area contributed by atoms with Gasteiger partial charge in [-0.3, -0.25) is 0 Å². The quantitative estimate of drug-likeness (QED) is 0.601. The van der Waals surface area contributed by atoms with Crippen LogP contribution in [0.25, 0.3) is 0 Å². The van der Waals surface area contributed by atoms with Gasteiger partial charge >= 0.3 is 0 Å². The Morgan fingerprint density at radius 3 is 2.42 bits per heavy atom. The molecule has 0 aliphatic carbocycles. The van der Waals surface area contributed by atoms with E-state index in [-0.39, 0.29) is 12.1 Å². The molecule has 0 aliphatic rings. The molecule has 0 aromatic rings. The van der Waals surface area contributed by atoms with Crippen LogP contribution >= 0.6 is 0 Å². The maximum atomic E-state index is 9.64. The van der Waals surface area contributed by atoms with Crippen molar-refractivity contribution in [3.63, 3.8) is 0 Å². The summed E-state index contributed by atoms with van der Waals surface area (Å²) >= 11 is 0. The van der Waals surface area contributed by atoms with Gasteiger partial charge in [-0.2, -0.15) is 0 Å². The fourth-order valence-corrected chi connectivity index (χ4v) is 1.30. The third-order valence-electron chi connectivity index (χ3n) is 1.78. The van der Waals surface area contributed by atoms with E-state index in [0.717, 1.165) is 0 Å². The van der Waals surface area contributed by atoms with Crippen LogP contribution in [0.1, 0.15) is 20.3 Å². The highest BCUT2D eigenvalue weighted by atomic mass is 16.5. The van der Waals surface area contributed by atoms with Crippen LogP contribution in [0.5, 0.6) is 0 Å². The summed E-state index contributed by atoms with van der Waals surface area (Å²) in [6, 6.07) is -0.201. The average Bonchev–Trinajstić information content (AvgIpc) is 1.85. The summed E-state index contributed by atoms with van der Waals surface area (Å²) in [5.41, 5.74) is 4.86. The van der Waals surface area contributed by atoms with Gasteiger partial charge in [-0.05, 0) is 20.3 Å². The summed E-state index contributed by atoms with van der Waals surface area (Å²) in [4.78, 5) is 0. The molecule has 0 saturated heterocycles. The van der Waals surface area contributed by atoms with E-state index in [9.17, 15) is 5.11 Å². The molecular weight excluding hydrogens is 154 g/mol. The van der Waals surface area contributed by atoms with E-state index in [1.165, 1.54) is 0 Å². The highest BCUT2D eigenvalue weighted by molar-refractivity contribution is 4.90. The van der Waals surface area contributed by atoms with Crippen LogP contribution in [-0.4, -0.2) is 30.0 Å². The molecule has 0 saturated carbocycles. The van der Waals surface area contributed by atoms with Crippen molar-refractivity contribution in [1.29, 1.82) is 0 Å². The number of hydrogen-bond acceptors (Lipinski definition) is 3. The first-order valence-electron chi connectivity index (χ1n) is 4.05. The minimum absolute atomic E-state index is 0.201. The van der Waals surface area contributed by atoms with Crippen LogP contribution in [0.15, 0.2) is 12.7 Å². The molecular formula is C9H19NO2. The molecule has 0 aromatic carbocycles. The molecule has 0 aromatic heterocycles. The first kappa shape index (κ1) is 11.6. The number of hydrogen-bond donors (Lipinski definition) is 2. The van der Waals surface area contributed by atoms with Gasteiger partial charge in [-0.15, -0.1) is 6.58 Å². The summed E-state index contributed by atoms with van der Waals surface area (Å²) in [7, 11) is 1.55. The Morgan fingerprint density at radius 1 is 1.67 bits per heavy atom. The zero-order valence-electron chi connectivity index (χ0n) is 8.08. The largest absolute Gasteiger partial charge is 0.388 e. The molecule has 3 N–H and O–H groups in total. The standard InChI is InChI=1S/C9H19NO2/c1-5-6-7(10)8(12-4)9(2,3)11/h5,7-8,11H,1,6,10H2,2-4H3/t7-,8+/m0/s1. The Bertz CT molecular complexity index is 140. The van der Waals surface area contributed by atoms with Gasteiger partial charge in [0.1, 0.15) is 6.10 Å². The van der Waals surface area contributed by atoms with Crippen molar-refractivity contribution in [3.8, 4) is 0 Å². The van der Waals surface area contributed by atoms with Gasteiger partial charge in [0.15, 0.2) is 0 Å². The van der Waals surface area contributed by atoms with Gasteiger partial charge in [0.05, 0.1) is 5.60 Å². The monoisotopic (exact) mass is 173 g/mol. The predicted molar refractivity (Wildman–Crippen MR) is 49.9 cm³/mol. The molecule has 2 atom stereocenters. The van der Waals surface area contributed by atoms with E-state index in [1.807, 2.05) is 0 Å². The SMILES string of the molecule is C=CC[C@H](N)[C@@H](OC)C(C)(C)O. The minimum atomic E-state index is -0.906. The van der Waals surface area contributed by atoms with Gasteiger partial charge in [0.2, 0.25) is 0 Å². The van der Waals surface area contributed by atoms with Crippen LogP contribution < -0.4 is 5.73 Å². The normalized spacial score (nSPS) is 17.1. The Kier molecular flexibility index (Phi) is 4.45. The lowest BCUT2D eigenvalue weighted by molar-refractivity contribution is -0.0804. The number of rotatable bonds is 5. The molecule has 0 fully saturated rings. The molecule has 0 heterocycles. The Morgan fingerprint density at radius 2 is 2.17 bits per heavy atom. The molecule has 72 valence electrons. The minimum Gasteiger partial charge on any atom is -0.388 e. The number of nitrogens with two attached hydrogens (primary N) is 1. The lowest BCUT2D eigenvalue weighted by atomic mass is 9.93. The fourth-order valence-electron chi connectivity index (χ4n) is 1.30. The topological polar surface area (TPSA) is 55.5 Å². The molecule has 0 rings (SSSR count). The van der Waals surface area contributed by atoms with E-state index >= 15 is 0 Å². The average molecular weight is 173 g/mol. The second-order valence-electron chi connectivity index (χ2n) is 3.50. The second-order valence-corrected chi connectivity index (χ2v) is 3.50. The molecule has 3 nitrogen and oxygen atoms in total. The molecule has 0 unspecified atom stereocenters. The first-order chi connectivity index (χ1) is 5.43. The van der Waals surface area contributed by atoms with Crippen LogP contribution in [0, 0.1) is 0 Å². The van der Waals surface area contributed by atoms with Crippen LogP contribution in [-0.2, 0) is 4.74 Å². The molecule has 0 radical (unpaired) electrons. The van der Waals surface area contributed by atoms with Gasteiger partial charge in [0.25, 0.3) is 0 Å². The van der Waals surface area contributed by atoms with E-state index in [1.54, 1.807) is 27.0 Å². The van der Waals surface area contributed by atoms with E-state index in [4.69, 9.17) is 10.5 Å². The molecule has 0 amide bonds. The van der Waals surface area contributed by atoms with Crippen molar-refractivity contribution in [2.24, 2.45) is 5.73 Å².